The Morgan fingerprint density at radius 2 is 2.33 bits per heavy atom. The monoisotopic (exact) mass is 253 g/mol. The number of nitrogen functional groups attached to an aromatic ring is 1. The van der Waals surface area contributed by atoms with Gasteiger partial charge in [-0.3, -0.25) is 0 Å². The van der Waals surface area contributed by atoms with Crippen molar-refractivity contribution in [2.75, 3.05) is 37.9 Å². The number of esters is 1. The Balaban J connectivity index is 2.54. The molecule has 1 heterocycles. The van der Waals surface area contributed by atoms with E-state index in [0.29, 0.717) is 30.3 Å². The molecule has 0 atom stereocenters. The zero-order chi connectivity index (χ0) is 13.4. The van der Waals surface area contributed by atoms with Crippen molar-refractivity contribution in [3.8, 4) is 0 Å². The molecule has 100 valence electrons. The van der Waals surface area contributed by atoms with Crippen molar-refractivity contribution < 1.29 is 14.3 Å². The molecule has 0 unspecified atom stereocenters. The van der Waals surface area contributed by atoms with E-state index >= 15 is 0 Å². The molecule has 18 heavy (non-hydrogen) atoms. The molecule has 0 aliphatic carbocycles. The number of nitrogens with two attached hydrogens (primary N) is 1. The van der Waals surface area contributed by atoms with E-state index in [2.05, 4.69) is 15.0 Å². The number of ether oxygens (including phenoxy) is 2. The fourth-order valence-electron chi connectivity index (χ4n) is 1.38. The molecule has 0 spiro atoms. The van der Waals surface area contributed by atoms with Crippen molar-refractivity contribution in [2.45, 2.75) is 13.3 Å². The van der Waals surface area contributed by atoms with Gasteiger partial charge in [0.15, 0.2) is 0 Å². The first kappa shape index (κ1) is 14.2. The number of hydrogen-bond acceptors (Lipinski definition) is 6. The van der Waals surface area contributed by atoms with Crippen LogP contribution in [-0.4, -0.2) is 37.8 Å². The SMILES string of the molecule is CCOCCCNc1cc(C(=O)OC)c(N)cn1. The molecule has 1 aromatic heterocycles. The van der Waals surface area contributed by atoms with Crippen LogP contribution < -0.4 is 11.1 Å². The third-order valence-corrected chi connectivity index (χ3v) is 2.32. The molecule has 0 aliphatic rings. The third kappa shape index (κ3) is 4.21. The largest absolute Gasteiger partial charge is 0.465 e. The molecule has 0 amide bonds. The van der Waals surface area contributed by atoms with E-state index in [1.807, 2.05) is 6.92 Å². The highest BCUT2D eigenvalue weighted by molar-refractivity contribution is 5.95. The summed E-state index contributed by atoms with van der Waals surface area (Å²) in [5.74, 6) is 0.133. The quantitative estimate of drug-likeness (QED) is 0.562. The van der Waals surface area contributed by atoms with E-state index in [4.69, 9.17) is 10.5 Å². The smallest absolute Gasteiger partial charge is 0.340 e. The number of nitrogens with zero attached hydrogens (tertiary/aromatic N) is 1. The van der Waals surface area contributed by atoms with Crippen LogP contribution in [0.25, 0.3) is 0 Å². The minimum atomic E-state index is -0.465. The summed E-state index contributed by atoms with van der Waals surface area (Å²) in [4.78, 5) is 15.5. The van der Waals surface area contributed by atoms with Crippen molar-refractivity contribution in [2.24, 2.45) is 0 Å². The zero-order valence-electron chi connectivity index (χ0n) is 10.7. The van der Waals surface area contributed by atoms with E-state index < -0.39 is 5.97 Å². The second-order valence-corrected chi connectivity index (χ2v) is 3.63. The number of carbonyl (C=O) groups excluding carboxylic acids is 1. The minimum absolute atomic E-state index is 0.307. The molecule has 6 nitrogen and oxygen atoms in total. The highest BCUT2D eigenvalue weighted by atomic mass is 16.5. The number of anilines is 2. The first-order chi connectivity index (χ1) is 8.69. The Morgan fingerprint density at radius 1 is 1.56 bits per heavy atom. The van der Waals surface area contributed by atoms with Gasteiger partial charge in [-0.1, -0.05) is 0 Å². The first-order valence-electron chi connectivity index (χ1n) is 5.84. The van der Waals surface area contributed by atoms with E-state index in [1.54, 1.807) is 6.07 Å². The molecule has 6 heteroatoms. The van der Waals surface area contributed by atoms with Crippen LogP contribution in [0.5, 0.6) is 0 Å². The lowest BCUT2D eigenvalue weighted by molar-refractivity contribution is 0.0602. The van der Waals surface area contributed by atoms with Crippen LogP contribution in [0.1, 0.15) is 23.7 Å². The second kappa shape index (κ2) is 7.50. The second-order valence-electron chi connectivity index (χ2n) is 3.63. The van der Waals surface area contributed by atoms with Crippen LogP contribution in [0.2, 0.25) is 0 Å². The summed E-state index contributed by atoms with van der Waals surface area (Å²) < 4.78 is 9.85. The summed E-state index contributed by atoms with van der Waals surface area (Å²) in [5, 5.41) is 3.10. The Kier molecular flexibility index (Phi) is 5.93. The average Bonchev–Trinajstić information content (AvgIpc) is 2.39. The van der Waals surface area contributed by atoms with Crippen molar-refractivity contribution in [1.82, 2.24) is 4.98 Å². The van der Waals surface area contributed by atoms with Gasteiger partial charge in [0.2, 0.25) is 0 Å². The summed E-state index contributed by atoms with van der Waals surface area (Å²) in [5.41, 5.74) is 6.28. The highest BCUT2D eigenvalue weighted by Crippen LogP contribution is 2.15. The normalized spacial score (nSPS) is 10.1. The van der Waals surface area contributed by atoms with Gasteiger partial charge in [0.25, 0.3) is 0 Å². The molecule has 0 bridgehead atoms. The van der Waals surface area contributed by atoms with Crippen molar-refractivity contribution in [3.63, 3.8) is 0 Å². The summed E-state index contributed by atoms with van der Waals surface area (Å²) in [6.45, 7) is 4.09. The van der Waals surface area contributed by atoms with Crippen molar-refractivity contribution in [3.05, 3.63) is 17.8 Å². The van der Waals surface area contributed by atoms with Crippen LogP contribution in [0, 0.1) is 0 Å². The summed E-state index contributed by atoms with van der Waals surface area (Å²) in [6, 6.07) is 1.59. The van der Waals surface area contributed by atoms with Gasteiger partial charge in [0, 0.05) is 19.8 Å². The van der Waals surface area contributed by atoms with E-state index in [0.717, 1.165) is 13.0 Å². The third-order valence-electron chi connectivity index (χ3n) is 2.32. The zero-order valence-corrected chi connectivity index (χ0v) is 10.7. The molecule has 0 fully saturated rings. The number of carbonyl (C=O) groups is 1. The Morgan fingerprint density at radius 3 is 3.00 bits per heavy atom. The number of rotatable bonds is 7. The molecule has 0 aromatic carbocycles. The molecular formula is C12H19N3O3. The van der Waals surface area contributed by atoms with Crippen molar-refractivity contribution in [1.29, 1.82) is 0 Å². The number of aromatic nitrogens is 1. The number of hydrogen-bond donors (Lipinski definition) is 2. The van der Waals surface area contributed by atoms with Gasteiger partial charge in [0.05, 0.1) is 24.6 Å². The molecular weight excluding hydrogens is 234 g/mol. The Hall–Kier alpha value is -1.82. The van der Waals surface area contributed by atoms with Gasteiger partial charge in [-0.05, 0) is 19.4 Å². The van der Waals surface area contributed by atoms with E-state index in [1.165, 1.54) is 13.3 Å². The number of methoxy groups -OCH3 is 1. The summed E-state index contributed by atoms with van der Waals surface area (Å²) >= 11 is 0. The van der Waals surface area contributed by atoms with E-state index in [-0.39, 0.29) is 0 Å². The van der Waals surface area contributed by atoms with Gasteiger partial charge in [-0.25, -0.2) is 9.78 Å². The van der Waals surface area contributed by atoms with Crippen LogP contribution in [0.3, 0.4) is 0 Å². The molecule has 3 N–H and O–H groups in total. The first-order valence-corrected chi connectivity index (χ1v) is 5.84. The standard InChI is InChI=1S/C12H19N3O3/c1-3-18-6-4-5-14-11-7-9(12(16)17-2)10(13)8-15-11/h7-8H,3-6,13H2,1-2H3,(H,14,15). The maximum Gasteiger partial charge on any atom is 0.340 e. The highest BCUT2D eigenvalue weighted by Gasteiger charge is 2.11. The number of pyridine rings is 1. The van der Waals surface area contributed by atoms with Crippen LogP contribution in [-0.2, 0) is 9.47 Å². The maximum atomic E-state index is 11.4. The average molecular weight is 253 g/mol. The molecule has 0 radical (unpaired) electrons. The lowest BCUT2D eigenvalue weighted by atomic mass is 10.2. The topological polar surface area (TPSA) is 86.5 Å². The molecule has 0 aliphatic heterocycles. The van der Waals surface area contributed by atoms with Crippen molar-refractivity contribution >= 4 is 17.5 Å². The van der Waals surface area contributed by atoms with Gasteiger partial charge < -0.3 is 20.5 Å². The molecule has 1 aromatic rings. The summed E-state index contributed by atoms with van der Waals surface area (Å²) in [7, 11) is 1.32. The van der Waals surface area contributed by atoms with E-state index in [9.17, 15) is 4.79 Å². The van der Waals surface area contributed by atoms with Crippen LogP contribution in [0.4, 0.5) is 11.5 Å². The Bertz CT molecular complexity index is 396. The maximum absolute atomic E-state index is 11.4. The van der Waals surface area contributed by atoms with Gasteiger partial charge in [-0.15, -0.1) is 0 Å². The fourth-order valence-corrected chi connectivity index (χ4v) is 1.38. The molecule has 0 saturated carbocycles. The van der Waals surface area contributed by atoms with Crippen LogP contribution in [0.15, 0.2) is 12.3 Å². The number of nitrogens with one attached hydrogen (secondary N) is 1. The van der Waals surface area contributed by atoms with Gasteiger partial charge in [0.1, 0.15) is 5.82 Å². The fraction of sp³-hybridized carbons (Fsp3) is 0.500. The predicted octanol–water partition coefficient (Wildman–Crippen LogP) is 1.29. The van der Waals surface area contributed by atoms with Gasteiger partial charge in [-0.2, -0.15) is 0 Å². The lowest BCUT2D eigenvalue weighted by Crippen LogP contribution is -2.10. The minimum Gasteiger partial charge on any atom is -0.465 e. The van der Waals surface area contributed by atoms with Gasteiger partial charge >= 0.3 is 5.97 Å². The molecule has 1 rings (SSSR count). The molecule has 0 saturated heterocycles. The lowest BCUT2D eigenvalue weighted by Gasteiger charge is -2.08. The van der Waals surface area contributed by atoms with Crippen LogP contribution >= 0.6 is 0 Å². The Labute approximate surface area is 106 Å². The predicted molar refractivity (Wildman–Crippen MR) is 69.6 cm³/mol. The summed E-state index contributed by atoms with van der Waals surface area (Å²) in [6.07, 6.45) is 2.31.